The molecule has 2 aromatic heterocycles. The van der Waals surface area contributed by atoms with Crippen molar-refractivity contribution in [1.29, 1.82) is 0 Å². The maximum Gasteiger partial charge on any atom is 0.167 e. The number of benzene rings is 1. The predicted molar refractivity (Wildman–Crippen MR) is 78.6 cm³/mol. The molecule has 0 amide bonds. The minimum atomic E-state index is -0.109. The molecule has 1 atom stereocenters. The Morgan fingerprint density at radius 3 is 3.10 bits per heavy atom. The molecule has 1 aromatic carbocycles. The van der Waals surface area contributed by atoms with Gasteiger partial charge in [-0.05, 0) is 35.7 Å². The summed E-state index contributed by atoms with van der Waals surface area (Å²) in [5.41, 5.74) is 12.1. The summed E-state index contributed by atoms with van der Waals surface area (Å²) in [7, 11) is 0. The van der Waals surface area contributed by atoms with Crippen LogP contribution in [0.25, 0.3) is 22.1 Å². The van der Waals surface area contributed by atoms with Crippen molar-refractivity contribution >= 4 is 11.0 Å². The van der Waals surface area contributed by atoms with E-state index in [4.69, 9.17) is 15.0 Å². The van der Waals surface area contributed by atoms with E-state index in [-0.39, 0.29) is 6.04 Å². The van der Waals surface area contributed by atoms with Crippen LogP contribution in [-0.4, -0.2) is 16.7 Å². The van der Waals surface area contributed by atoms with Crippen molar-refractivity contribution in [1.82, 2.24) is 10.1 Å². The summed E-state index contributed by atoms with van der Waals surface area (Å²) in [5.74, 6) is 0. The monoisotopic (exact) mass is 281 g/mol. The minimum Gasteiger partial charge on any atom is -0.375 e. The average molecular weight is 281 g/mol. The van der Waals surface area contributed by atoms with Crippen LogP contribution in [-0.2, 0) is 11.3 Å². The average Bonchev–Trinajstić information content (AvgIpc) is 2.88. The lowest BCUT2D eigenvalue weighted by atomic mass is 9.93. The van der Waals surface area contributed by atoms with Gasteiger partial charge in [0.2, 0.25) is 0 Å². The van der Waals surface area contributed by atoms with Gasteiger partial charge in [0.05, 0.1) is 24.9 Å². The van der Waals surface area contributed by atoms with Crippen LogP contribution in [0.3, 0.4) is 0 Å². The van der Waals surface area contributed by atoms with Crippen molar-refractivity contribution in [2.24, 2.45) is 5.73 Å². The quantitative estimate of drug-likeness (QED) is 0.742. The molecule has 0 saturated carbocycles. The molecule has 0 saturated heterocycles. The van der Waals surface area contributed by atoms with Crippen LogP contribution >= 0.6 is 0 Å². The molecule has 5 heteroatoms. The SMILES string of the molecule is Cc1noc2ccc(-c3cncc4c3COCC4N)cc12. The molecule has 4 rings (SSSR count). The number of ether oxygens (including phenoxy) is 1. The molecule has 0 bridgehead atoms. The van der Waals surface area contributed by atoms with Gasteiger partial charge in [-0.15, -0.1) is 0 Å². The molecule has 0 radical (unpaired) electrons. The van der Waals surface area contributed by atoms with Crippen molar-refractivity contribution in [3.8, 4) is 11.1 Å². The number of hydrogen-bond acceptors (Lipinski definition) is 5. The summed E-state index contributed by atoms with van der Waals surface area (Å²) in [4.78, 5) is 4.34. The molecular formula is C16H15N3O2. The van der Waals surface area contributed by atoms with E-state index in [0.29, 0.717) is 13.2 Å². The Bertz CT molecular complexity index is 826. The van der Waals surface area contributed by atoms with Crippen LogP contribution in [0.5, 0.6) is 0 Å². The van der Waals surface area contributed by atoms with Gasteiger partial charge < -0.3 is 15.0 Å². The smallest absolute Gasteiger partial charge is 0.167 e. The first-order valence-electron chi connectivity index (χ1n) is 6.90. The number of nitrogens with two attached hydrogens (primary N) is 1. The second kappa shape index (κ2) is 4.65. The molecule has 0 spiro atoms. The zero-order valence-electron chi connectivity index (χ0n) is 11.7. The Morgan fingerprint density at radius 2 is 2.19 bits per heavy atom. The molecule has 0 aliphatic carbocycles. The highest BCUT2D eigenvalue weighted by Gasteiger charge is 2.21. The summed E-state index contributed by atoms with van der Waals surface area (Å²) in [5, 5.41) is 5.01. The number of aromatic nitrogens is 2. The number of rotatable bonds is 1. The lowest BCUT2D eigenvalue weighted by Gasteiger charge is -2.24. The first kappa shape index (κ1) is 12.5. The molecular weight excluding hydrogens is 266 g/mol. The van der Waals surface area contributed by atoms with Crippen LogP contribution in [0, 0.1) is 6.92 Å². The van der Waals surface area contributed by atoms with Crippen LogP contribution in [0.4, 0.5) is 0 Å². The largest absolute Gasteiger partial charge is 0.375 e. The lowest BCUT2D eigenvalue weighted by Crippen LogP contribution is -2.24. The molecule has 1 aliphatic rings. The van der Waals surface area contributed by atoms with E-state index in [1.807, 2.05) is 31.5 Å². The topological polar surface area (TPSA) is 74.2 Å². The summed E-state index contributed by atoms with van der Waals surface area (Å²) in [6.07, 6.45) is 3.71. The number of nitrogens with zero attached hydrogens (tertiary/aromatic N) is 2. The number of aryl methyl sites for hydroxylation is 1. The standard InChI is InChI=1S/C16H15N3O2/c1-9-11-4-10(2-3-16(11)21-19-9)12-5-18-6-13-14(12)7-20-8-15(13)17/h2-6,15H,7-8,17H2,1H3. The van der Waals surface area contributed by atoms with Crippen LogP contribution in [0.2, 0.25) is 0 Å². The highest BCUT2D eigenvalue weighted by atomic mass is 16.5. The van der Waals surface area contributed by atoms with Gasteiger partial charge in [-0.2, -0.15) is 0 Å². The molecule has 1 unspecified atom stereocenters. The fourth-order valence-corrected chi connectivity index (χ4v) is 2.84. The number of hydrogen-bond donors (Lipinski definition) is 1. The zero-order chi connectivity index (χ0) is 14.4. The second-order valence-corrected chi connectivity index (χ2v) is 5.36. The Balaban J connectivity index is 1.92. The van der Waals surface area contributed by atoms with Gasteiger partial charge in [-0.1, -0.05) is 11.2 Å². The Morgan fingerprint density at radius 1 is 1.29 bits per heavy atom. The molecule has 2 N–H and O–H groups in total. The van der Waals surface area contributed by atoms with E-state index >= 15 is 0 Å². The highest BCUT2D eigenvalue weighted by molar-refractivity contribution is 5.85. The van der Waals surface area contributed by atoms with Crippen molar-refractivity contribution in [3.63, 3.8) is 0 Å². The first-order chi connectivity index (χ1) is 10.2. The van der Waals surface area contributed by atoms with Gasteiger partial charge in [0, 0.05) is 23.3 Å². The Labute approximate surface area is 121 Å². The van der Waals surface area contributed by atoms with Gasteiger partial charge in [0.1, 0.15) is 0 Å². The molecule has 3 heterocycles. The van der Waals surface area contributed by atoms with Crippen LogP contribution in [0.1, 0.15) is 22.9 Å². The van der Waals surface area contributed by atoms with Gasteiger partial charge in [0.15, 0.2) is 5.58 Å². The van der Waals surface area contributed by atoms with Crippen molar-refractivity contribution in [2.45, 2.75) is 19.6 Å². The third-order valence-corrected chi connectivity index (χ3v) is 4.00. The number of pyridine rings is 1. The fraction of sp³-hybridized carbons (Fsp3) is 0.250. The maximum absolute atomic E-state index is 6.10. The highest BCUT2D eigenvalue weighted by Crippen LogP contribution is 2.33. The van der Waals surface area contributed by atoms with Crippen molar-refractivity contribution in [2.75, 3.05) is 6.61 Å². The Kier molecular flexibility index (Phi) is 2.77. The van der Waals surface area contributed by atoms with E-state index in [1.54, 1.807) is 0 Å². The molecule has 106 valence electrons. The van der Waals surface area contributed by atoms with Gasteiger partial charge >= 0.3 is 0 Å². The minimum absolute atomic E-state index is 0.109. The zero-order valence-corrected chi connectivity index (χ0v) is 11.7. The molecule has 5 nitrogen and oxygen atoms in total. The van der Waals surface area contributed by atoms with Gasteiger partial charge in [-0.25, -0.2) is 0 Å². The predicted octanol–water partition coefficient (Wildman–Crippen LogP) is 2.73. The van der Waals surface area contributed by atoms with Crippen LogP contribution < -0.4 is 5.73 Å². The third-order valence-electron chi connectivity index (χ3n) is 4.00. The van der Waals surface area contributed by atoms with Crippen LogP contribution in [0.15, 0.2) is 35.1 Å². The molecule has 1 aliphatic heterocycles. The summed E-state index contributed by atoms with van der Waals surface area (Å²) < 4.78 is 10.8. The number of fused-ring (bicyclic) bond motifs is 2. The van der Waals surface area contributed by atoms with Gasteiger partial charge in [-0.3, -0.25) is 4.98 Å². The van der Waals surface area contributed by atoms with Crippen molar-refractivity contribution < 1.29 is 9.26 Å². The Hall–Kier alpha value is -2.24. The maximum atomic E-state index is 6.10. The molecule has 3 aromatic rings. The van der Waals surface area contributed by atoms with E-state index in [1.165, 1.54) is 0 Å². The van der Waals surface area contributed by atoms with E-state index in [2.05, 4.69) is 16.2 Å². The third kappa shape index (κ3) is 1.93. The normalized spacial score (nSPS) is 17.9. The van der Waals surface area contributed by atoms with Gasteiger partial charge in [0.25, 0.3) is 0 Å². The van der Waals surface area contributed by atoms with E-state index in [9.17, 15) is 0 Å². The van der Waals surface area contributed by atoms with E-state index < -0.39 is 0 Å². The molecule has 21 heavy (non-hydrogen) atoms. The first-order valence-corrected chi connectivity index (χ1v) is 6.90. The summed E-state index contributed by atoms with van der Waals surface area (Å²) in [6, 6.07) is 5.93. The summed E-state index contributed by atoms with van der Waals surface area (Å²) >= 11 is 0. The fourth-order valence-electron chi connectivity index (χ4n) is 2.84. The van der Waals surface area contributed by atoms with Crippen molar-refractivity contribution in [3.05, 3.63) is 47.4 Å². The molecule has 0 fully saturated rings. The lowest BCUT2D eigenvalue weighted by molar-refractivity contribution is 0.0926. The second-order valence-electron chi connectivity index (χ2n) is 5.36. The van der Waals surface area contributed by atoms with E-state index in [0.717, 1.165) is 38.9 Å². The summed E-state index contributed by atoms with van der Waals surface area (Å²) in [6.45, 7) is 3.05.